The minimum atomic E-state index is -0.413. The average molecular weight is 432 g/mol. The molecule has 4 aromatic rings. The van der Waals surface area contributed by atoms with Gasteiger partial charge in [0.25, 0.3) is 0 Å². The smallest absolute Gasteiger partial charge is 0.248 e. The van der Waals surface area contributed by atoms with Crippen molar-refractivity contribution in [2.75, 3.05) is 0 Å². The molecule has 2 aromatic heterocycles. The predicted octanol–water partition coefficient (Wildman–Crippen LogP) is 5.59. The maximum Gasteiger partial charge on any atom is 0.248 e. The Morgan fingerprint density at radius 1 is 1.00 bits per heavy atom. The lowest BCUT2D eigenvalue weighted by molar-refractivity contribution is 0.1000. The van der Waals surface area contributed by atoms with Crippen molar-refractivity contribution in [1.82, 2.24) is 19.6 Å². The van der Waals surface area contributed by atoms with E-state index in [9.17, 15) is 4.79 Å². The average Bonchev–Trinajstić information content (AvgIpc) is 3.38. The van der Waals surface area contributed by atoms with E-state index in [1.54, 1.807) is 16.8 Å². The number of rotatable bonds is 6. The Kier molecular flexibility index (Phi) is 7.46. The van der Waals surface area contributed by atoms with Crippen molar-refractivity contribution in [2.24, 2.45) is 18.7 Å². The van der Waals surface area contributed by atoms with Crippen LogP contribution in [0.3, 0.4) is 0 Å². The Bertz CT molecular complexity index is 1170. The maximum atomic E-state index is 11.4. The molecule has 2 heterocycles. The van der Waals surface area contributed by atoms with Crippen LogP contribution in [-0.4, -0.2) is 25.5 Å². The van der Waals surface area contributed by atoms with E-state index >= 15 is 0 Å². The summed E-state index contributed by atoms with van der Waals surface area (Å²) in [5.74, 6) is 0.0779. The van der Waals surface area contributed by atoms with Crippen molar-refractivity contribution >= 4 is 16.8 Å². The third-order valence-corrected chi connectivity index (χ3v) is 5.20. The molecule has 6 heteroatoms. The van der Waals surface area contributed by atoms with Gasteiger partial charge in [0.2, 0.25) is 5.91 Å². The van der Waals surface area contributed by atoms with E-state index in [1.807, 2.05) is 37.8 Å². The maximum absolute atomic E-state index is 11.4. The van der Waals surface area contributed by atoms with Gasteiger partial charge < -0.3 is 5.73 Å². The standard InChI is InChI=1S/C23H25N5O.C3H8/c1-15(2)10-22(16-4-6-17(7-5-16)23(24)29)28-21-9-8-18(11-19(21)12-26-28)20-13-25-27(3)14-20;1-3-2/h4-9,11-15,22H,10H2,1-3H3,(H2,24,29);3H2,1-2H3. The number of carbonyl (C=O) groups excluding carboxylic acids is 1. The third-order valence-electron chi connectivity index (χ3n) is 5.20. The zero-order valence-electron chi connectivity index (χ0n) is 19.6. The summed E-state index contributed by atoms with van der Waals surface area (Å²) in [6.07, 6.45) is 7.98. The minimum Gasteiger partial charge on any atom is -0.366 e. The molecule has 32 heavy (non-hydrogen) atoms. The number of benzene rings is 2. The van der Waals surface area contributed by atoms with Crippen molar-refractivity contribution < 1.29 is 4.79 Å². The van der Waals surface area contributed by atoms with Crippen LogP contribution in [0.15, 0.2) is 61.1 Å². The highest BCUT2D eigenvalue weighted by Gasteiger charge is 2.19. The first-order valence-electron chi connectivity index (χ1n) is 11.2. The zero-order chi connectivity index (χ0) is 23.3. The molecule has 1 unspecified atom stereocenters. The molecule has 0 aliphatic carbocycles. The topological polar surface area (TPSA) is 78.7 Å². The van der Waals surface area contributed by atoms with Gasteiger partial charge in [-0.3, -0.25) is 14.2 Å². The van der Waals surface area contributed by atoms with E-state index in [0.717, 1.165) is 34.0 Å². The van der Waals surface area contributed by atoms with Gasteiger partial charge >= 0.3 is 0 Å². The Morgan fingerprint density at radius 2 is 1.69 bits per heavy atom. The number of hydrogen-bond donors (Lipinski definition) is 1. The molecule has 4 rings (SSSR count). The second-order valence-corrected chi connectivity index (χ2v) is 8.60. The van der Waals surface area contributed by atoms with E-state index < -0.39 is 5.91 Å². The second kappa shape index (κ2) is 10.3. The van der Waals surface area contributed by atoms with Gasteiger partial charge in [-0.1, -0.05) is 52.3 Å². The molecule has 2 N–H and O–H groups in total. The van der Waals surface area contributed by atoms with Crippen LogP contribution < -0.4 is 5.73 Å². The molecule has 6 nitrogen and oxygen atoms in total. The van der Waals surface area contributed by atoms with Gasteiger partial charge in [0.1, 0.15) is 0 Å². The third kappa shape index (κ3) is 5.25. The summed E-state index contributed by atoms with van der Waals surface area (Å²) in [6.45, 7) is 8.66. The largest absolute Gasteiger partial charge is 0.366 e. The molecule has 0 radical (unpaired) electrons. The highest BCUT2D eigenvalue weighted by molar-refractivity contribution is 5.92. The summed E-state index contributed by atoms with van der Waals surface area (Å²) >= 11 is 0. The Hall–Kier alpha value is -3.41. The van der Waals surface area contributed by atoms with Gasteiger partial charge in [0.15, 0.2) is 0 Å². The van der Waals surface area contributed by atoms with Gasteiger partial charge in [0, 0.05) is 29.8 Å². The fourth-order valence-corrected chi connectivity index (χ4v) is 3.74. The molecule has 1 amide bonds. The quantitative estimate of drug-likeness (QED) is 0.432. The molecule has 168 valence electrons. The number of nitrogens with two attached hydrogens (primary N) is 1. The lowest BCUT2D eigenvalue weighted by Gasteiger charge is -2.21. The van der Waals surface area contributed by atoms with Gasteiger partial charge in [0.05, 0.1) is 24.0 Å². The summed E-state index contributed by atoms with van der Waals surface area (Å²) < 4.78 is 3.89. The fraction of sp³-hybridized carbons (Fsp3) is 0.346. The van der Waals surface area contributed by atoms with E-state index in [0.29, 0.717) is 11.5 Å². The van der Waals surface area contributed by atoms with Crippen LogP contribution in [0.25, 0.3) is 22.0 Å². The molecule has 1 atom stereocenters. The van der Waals surface area contributed by atoms with Crippen molar-refractivity contribution in [3.05, 3.63) is 72.2 Å². The van der Waals surface area contributed by atoms with E-state index in [-0.39, 0.29) is 6.04 Å². The van der Waals surface area contributed by atoms with Crippen molar-refractivity contribution in [2.45, 2.75) is 46.6 Å². The number of amides is 1. The van der Waals surface area contributed by atoms with Crippen LogP contribution in [0.5, 0.6) is 0 Å². The molecular weight excluding hydrogens is 398 g/mol. The lowest BCUT2D eigenvalue weighted by Crippen LogP contribution is -2.15. The first-order valence-corrected chi connectivity index (χ1v) is 11.2. The zero-order valence-corrected chi connectivity index (χ0v) is 19.6. The number of hydrogen-bond acceptors (Lipinski definition) is 3. The summed E-state index contributed by atoms with van der Waals surface area (Å²) in [5, 5.41) is 10.1. The van der Waals surface area contributed by atoms with Gasteiger partial charge in [-0.05, 0) is 47.7 Å². The van der Waals surface area contributed by atoms with E-state index in [1.165, 1.54) is 6.42 Å². The summed E-state index contributed by atoms with van der Waals surface area (Å²) in [6, 6.07) is 14.0. The van der Waals surface area contributed by atoms with Crippen LogP contribution in [0, 0.1) is 5.92 Å². The molecule has 0 aliphatic heterocycles. The number of aromatic nitrogens is 4. The van der Waals surface area contributed by atoms with Gasteiger partial charge in [-0.25, -0.2) is 0 Å². The highest BCUT2D eigenvalue weighted by atomic mass is 16.1. The van der Waals surface area contributed by atoms with Gasteiger partial charge in [-0.15, -0.1) is 0 Å². The fourth-order valence-electron chi connectivity index (χ4n) is 3.74. The van der Waals surface area contributed by atoms with E-state index in [4.69, 9.17) is 10.8 Å². The van der Waals surface area contributed by atoms with Crippen LogP contribution in [0.4, 0.5) is 0 Å². The number of nitrogens with zero attached hydrogens (tertiary/aromatic N) is 4. The van der Waals surface area contributed by atoms with Crippen molar-refractivity contribution in [1.29, 1.82) is 0 Å². The SMILES string of the molecule is CC(C)CC(c1ccc(C(N)=O)cc1)n1ncc2cc(-c3cnn(C)c3)ccc21.CCC. The molecule has 0 saturated carbocycles. The molecule has 2 aromatic carbocycles. The highest BCUT2D eigenvalue weighted by Crippen LogP contribution is 2.31. The lowest BCUT2D eigenvalue weighted by atomic mass is 9.96. The van der Waals surface area contributed by atoms with Crippen LogP contribution in [-0.2, 0) is 7.05 Å². The molecular formula is C26H33N5O. The first kappa shape index (κ1) is 23.3. The summed E-state index contributed by atoms with van der Waals surface area (Å²) in [7, 11) is 1.92. The summed E-state index contributed by atoms with van der Waals surface area (Å²) in [5.41, 5.74) is 10.3. The number of aryl methyl sites for hydroxylation is 1. The normalized spacial score (nSPS) is 11.9. The van der Waals surface area contributed by atoms with Gasteiger partial charge in [-0.2, -0.15) is 10.2 Å². The first-order chi connectivity index (χ1) is 15.3. The Labute approximate surface area is 190 Å². The molecule has 0 bridgehead atoms. The Balaban J connectivity index is 0.000000913. The van der Waals surface area contributed by atoms with Crippen molar-refractivity contribution in [3.63, 3.8) is 0 Å². The van der Waals surface area contributed by atoms with Crippen molar-refractivity contribution in [3.8, 4) is 11.1 Å². The second-order valence-electron chi connectivity index (χ2n) is 8.60. The monoisotopic (exact) mass is 431 g/mol. The Morgan fingerprint density at radius 3 is 2.25 bits per heavy atom. The molecule has 0 spiro atoms. The van der Waals surface area contributed by atoms with Crippen LogP contribution >= 0.6 is 0 Å². The summed E-state index contributed by atoms with van der Waals surface area (Å²) in [4.78, 5) is 11.4. The van der Waals surface area contributed by atoms with Crippen LogP contribution in [0.1, 0.15) is 62.5 Å². The van der Waals surface area contributed by atoms with E-state index in [2.05, 4.69) is 55.7 Å². The number of carbonyl (C=O) groups is 1. The molecule has 0 saturated heterocycles. The molecule has 0 aliphatic rings. The molecule has 0 fully saturated rings. The predicted molar refractivity (Wildman–Crippen MR) is 130 cm³/mol. The van der Waals surface area contributed by atoms with Crippen LogP contribution in [0.2, 0.25) is 0 Å². The minimum absolute atomic E-state index is 0.0821. The number of fused-ring (bicyclic) bond motifs is 1. The number of primary amides is 1.